The maximum absolute atomic E-state index is 13.9. The van der Waals surface area contributed by atoms with E-state index >= 15 is 0 Å². The van der Waals surface area contributed by atoms with E-state index in [9.17, 15) is 9.59 Å². The minimum atomic E-state index is -0.701. The van der Waals surface area contributed by atoms with Crippen molar-refractivity contribution in [2.75, 3.05) is 19.8 Å². The number of benzene rings is 3. The third kappa shape index (κ3) is 8.13. The van der Waals surface area contributed by atoms with E-state index in [2.05, 4.69) is 5.32 Å². The predicted octanol–water partition coefficient (Wildman–Crippen LogP) is 6.11. The lowest BCUT2D eigenvalue weighted by Gasteiger charge is -2.32. The Morgan fingerprint density at radius 2 is 1.59 bits per heavy atom. The normalized spacial score (nSPS) is 13.2. The van der Waals surface area contributed by atoms with Crippen LogP contribution in [-0.4, -0.2) is 42.5 Å². The first-order valence-corrected chi connectivity index (χ1v) is 14.0. The van der Waals surface area contributed by atoms with Crippen LogP contribution in [-0.2, 0) is 29.0 Å². The first-order valence-electron chi connectivity index (χ1n) is 13.2. The van der Waals surface area contributed by atoms with E-state index in [0.717, 1.165) is 16.7 Å². The maximum atomic E-state index is 13.9. The number of ether oxygens (including phenoxy) is 2. The molecule has 0 aliphatic carbocycles. The SMILES string of the molecule is CC(C)CNC(=O)[C@@H](Cc1ccccc1)N(Cc1ccc(Cl)c(Cl)c1)C(=O)CCc1ccc2c(c1)OCCO2. The smallest absolute Gasteiger partial charge is 0.243 e. The molecule has 6 nitrogen and oxygen atoms in total. The van der Waals surface area contributed by atoms with Crippen LogP contribution >= 0.6 is 23.2 Å². The first-order chi connectivity index (χ1) is 18.8. The Kier molecular flexibility index (Phi) is 10.1. The summed E-state index contributed by atoms with van der Waals surface area (Å²) in [6.07, 6.45) is 1.12. The van der Waals surface area contributed by atoms with Gasteiger partial charge in [-0.1, -0.05) is 79.5 Å². The van der Waals surface area contributed by atoms with E-state index in [-0.39, 0.29) is 30.7 Å². The molecular formula is C31H34Cl2N2O4. The summed E-state index contributed by atoms with van der Waals surface area (Å²) < 4.78 is 11.3. The summed E-state index contributed by atoms with van der Waals surface area (Å²) in [5.74, 6) is 1.37. The number of aryl methyl sites for hydroxylation is 1. The Morgan fingerprint density at radius 1 is 0.872 bits per heavy atom. The van der Waals surface area contributed by atoms with Gasteiger partial charge in [-0.05, 0) is 53.3 Å². The van der Waals surface area contributed by atoms with E-state index in [1.165, 1.54) is 0 Å². The number of nitrogens with one attached hydrogen (secondary N) is 1. The minimum absolute atomic E-state index is 0.128. The molecule has 0 bridgehead atoms. The van der Waals surface area contributed by atoms with Gasteiger partial charge >= 0.3 is 0 Å². The molecule has 0 saturated carbocycles. The monoisotopic (exact) mass is 568 g/mol. The van der Waals surface area contributed by atoms with Crippen molar-refractivity contribution in [3.8, 4) is 11.5 Å². The van der Waals surface area contributed by atoms with Crippen LogP contribution in [0.3, 0.4) is 0 Å². The number of nitrogens with zero attached hydrogens (tertiary/aromatic N) is 1. The molecule has 0 spiro atoms. The Bertz CT molecular complexity index is 1280. The molecule has 0 unspecified atom stereocenters. The molecule has 1 N–H and O–H groups in total. The summed E-state index contributed by atoms with van der Waals surface area (Å²) in [5.41, 5.74) is 2.73. The van der Waals surface area contributed by atoms with E-state index in [0.29, 0.717) is 54.1 Å². The number of hydrogen-bond donors (Lipinski definition) is 1. The van der Waals surface area contributed by atoms with Gasteiger partial charge in [0, 0.05) is 25.9 Å². The molecule has 206 valence electrons. The largest absolute Gasteiger partial charge is 0.486 e. The number of fused-ring (bicyclic) bond motifs is 1. The first kappa shape index (κ1) is 28.8. The minimum Gasteiger partial charge on any atom is -0.486 e. The van der Waals surface area contributed by atoms with E-state index in [1.807, 2.05) is 68.4 Å². The Labute approximate surface area is 240 Å². The number of carbonyl (C=O) groups excluding carboxylic acids is 2. The van der Waals surface area contributed by atoms with Gasteiger partial charge < -0.3 is 19.7 Å². The topological polar surface area (TPSA) is 67.9 Å². The van der Waals surface area contributed by atoms with Crippen molar-refractivity contribution >= 4 is 35.0 Å². The third-order valence-electron chi connectivity index (χ3n) is 6.53. The second-order valence-corrected chi connectivity index (χ2v) is 10.9. The Balaban J connectivity index is 1.60. The summed E-state index contributed by atoms with van der Waals surface area (Å²) in [7, 11) is 0. The van der Waals surface area contributed by atoms with Gasteiger partial charge in [-0.25, -0.2) is 0 Å². The van der Waals surface area contributed by atoms with Crippen LogP contribution in [0.15, 0.2) is 66.7 Å². The van der Waals surface area contributed by atoms with Gasteiger partial charge in [-0.15, -0.1) is 0 Å². The average Bonchev–Trinajstić information content (AvgIpc) is 2.94. The second-order valence-electron chi connectivity index (χ2n) is 10.1. The molecule has 4 rings (SSSR count). The third-order valence-corrected chi connectivity index (χ3v) is 7.27. The lowest BCUT2D eigenvalue weighted by atomic mass is 10.0. The zero-order valence-corrected chi connectivity index (χ0v) is 23.8. The second kappa shape index (κ2) is 13.7. The molecular weight excluding hydrogens is 535 g/mol. The van der Waals surface area contributed by atoms with Crippen LogP contribution < -0.4 is 14.8 Å². The highest BCUT2D eigenvalue weighted by Gasteiger charge is 2.30. The highest BCUT2D eigenvalue weighted by atomic mass is 35.5. The van der Waals surface area contributed by atoms with Crippen molar-refractivity contribution in [2.24, 2.45) is 5.92 Å². The number of amides is 2. The summed E-state index contributed by atoms with van der Waals surface area (Å²) in [5, 5.41) is 3.88. The van der Waals surface area contributed by atoms with Gasteiger partial charge in [-0.2, -0.15) is 0 Å². The molecule has 0 aromatic heterocycles. The van der Waals surface area contributed by atoms with Crippen LogP contribution in [0.1, 0.15) is 37.0 Å². The summed E-state index contributed by atoms with van der Waals surface area (Å²) in [6, 6.07) is 20.1. The fourth-order valence-electron chi connectivity index (χ4n) is 4.45. The molecule has 39 heavy (non-hydrogen) atoms. The van der Waals surface area contributed by atoms with Crippen molar-refractivity contribution in [1.29, 1.82) is 0 Å². The van der Waals surface area contributed by atoms with Crippen LogP contribution in [0, 0.1) is 5.92 Å². The standard InChI is InChI=1S/C31H34Cl2N2O4/c1-21(2)19-34-31(37)27(17-22-6-4-3-5-7-22)35(20-24-8-11-25(32)26(33)16-24)30(36)13-10-23-9-12-28-29(18-23)39-15-14-38-28/h3-9,11-12,16,18,21,27H,10,13-15,17,19-20H2,1-2H3,(H,34,37)/t27-/m1/s1. The molecule has 0 saturated heterocycles. The van der Waals surface area contributed by atoms with Crippen LogP contribution in [0.4, 0.5) is 0 Å². The average molecular weight is 570 g/mol. The van der Waals surface area contributed by atoms with Crippen molar-refractivity contribution in [3.63, 3.8) is 0 Å². The predicted molar refractivity (Wildman–Crippen MR) is 155 cm³/mol. The molecule has 1 aliphatic rings. The summed E-state index contributed by atoms with van der Waals surface area (Å²) in [4.78, 5) is 29.1. The fraction of sp³-hybridized carbons (Fsp3) is 0.355. The molecule has 0 fully saturated rings. The molecule has 0 radical (unpaired) electrons. The molecule has 1 atom stereocenters. The summed E-state index contributed by atoms with van der Waals surface area (Å²) >= 11 is 12.4. The van der Waals surface area contributed by atoms with Crippen LogP contribution in [0.25, 0.3) is 0 Å². The van der Waals surface area contributed by atoms with E-state index in [1.54, 1.807) is 17.0 Å². The zero-order valence-electron chi connectivity index (χ0n) is 22.3. The molecule has 8 heteroatoms. The highest BCUT2D eigenvalue weighted by Crippen LogP contribution is 2.31. The molecule has 1 aliphatic heterocycles. The van der Waals surface area contributed by atoms with Gasteiger partial charge in [0.1, 0.15) is 19.3 Å². The lowest BCUT2D eigenvalue weighted by Crippen LogP contribution is -2.51. The molecule has 2 amide bonds. The van der Waals surface area contributed by atoms with Crippen molar-refractivity contribution in [1.82, 2.24) is 10.2 Å². The molecule has 1 heterocycles. The van der Waals surface area contributed by atoms with Crippen LogP contribution in [0.5, 0.6) is 11.5 Å². The van der Waals surface area contributed by atoms with Gasteiger partial charge in [0.05, 0.1) is 10.0 Å². The van der Waals surface area contributed by atoms with Crippen molar-refractivity contribution in [2.45, 2.75) is 45.7 Å². The number of hydrogen-bond acceptors (Lipinski definition) is 4. The number of halogens is 2. The van der Waals surface area contributed by atoms with Gasteiger partial charge in [0.2, 0.25) is 11.8 Å². The quantitative estimate of drug-likeness (QED) is 0.303. The van der Waals surface area contributed by atoms with Crippen molar-refractivity contribution in [3.05, 3.63) is 93.5 Å². The molecule has 3 aromatic carbocycles. The zero-order chi connectivity index (χ0) is 27.8. The lowest BCUT2D eigenvalue weighted by molar-refractivity contribution is -0.141. The van der Waals surface area contributed by atoms with Gasteiger partial charge in [-0.3, -0.25) is 9.59 Å². The fourth-order valence-corrected chi connectivity index (χ4v) is 4.77. The molecule has 3 aromatic rings. The van der Waals surface area contributed by atoms with Crippen molar-refractivity contribution < 1.29 is 19.1 Å². The highest BCUT2D eigenvalue weighted by molar-refractivity contribution is 6.42. The Hall–Kier alpha value is -3.22. The van der Waals surface area contributed by atoms with E-state index < -0.39 is 6.04 Å². The number of carbonyl (C=O) groups is 2. The van der Waals surface area contributed by atoms with Crippen LogP contribution in [0.2, 0.25) is 10.0 Å². The maximum Gasteiger partial charge on any atom is 0.243 e. The van der Waals surface area contributed by atoms with E-state index in [4.69, 9.17) is 32.7 Å². The summed E-state index contributed by atoms with van der Waals surface area (Å²) in [6.45, 7) is 5.85. The van der Waals surface area contributed by atoms with Gasteiger partial charge in [0.15, 0.2) is 11.5 Å². The number of rotatable bonds is 11. The Morgan fingerprint density at radius 3 is 2.31 bits per heavy atom. The van der Waals surface area contributed by atoms with Gasteiger partial charge in [0.25, 0.3) is 0 Å².